The number of rotatable bonds is 73. The number of quaternary nitrogens is 1. The molecule has 0 aliphatic rings. The molecule has 9 nitrogen and oxygen atoms in total. The minimum atomic E-state index is -1.53. The molecule has 0 saturated heterocycles. The Morgan fingerprint density at radius 1 is 0.326 bits per heavy atom. The largest absolute Gasteiger partial charge is 0.477 e. The molecule has 2 unspecified atom stereocenters. The van der Waals surface area contributed by atoms with Crippen molar-refractivity contribution in [3.63, 3.8) is 0 Å². The summed E-state index contributed by atoms with van der Waals surface area (Å²) in [4.78, 5) is 37.7. The highest BCUT2D eigenvalue weighted by molar-refractivity contribution is 5.71. The third-order valence-corrected chi connectivity index (χ3v) is 17.2. The molecule has 0 aromatic carbocycles. The lowest BCUT2D eigenvalue weighted by atomic mass is 10.0. The first-order valence-electron chi connectivity index (χ1n) is 39.7. The minimum Gasteiger partial charge on any atom is -0.477 e. The van der Waals surface area contributed by atoms with E-state index in [0.29, 0.717) is 23.9 Å². The molecule has 95 heavy (non-hydrogen) atoms. The van der Waals surface area contributed by atoms with Crippen molar-refractivity contribution in [2.45, 2.75) is 360 Å². The number of carboxylic acid groups (broad SMARTS) is 1. The number of carbonyl (C=O) groups is 3. The van der Waals surface area contributed by atoms with Crippen LogP contribution in [0.25, 0.3) is 0 Å². The Hall–Kier alpha value is -4.31. The summed E-state index contributed by atoms with van der Waals surface area (Å²) in [6.45, 7) is 4.75. The summed E-state index contributed by atoms with van der Waals surface area (Å²) in [5.41, 5.74) is 0. The summed E-state index contributed by atoms with van der Waals surface area (Å²) in [6.07, 6.45) is 105. The topological polar surface area (TPSA) is 108 Å². The average Bonchev–Trinajstić information content (AvgIpc) is 3.75. The van der Waals surface area contributed by atoms with Crippen molar-refractivity contribution in [2.24, 2.45) is 0 Å². The summed E-state index contributed by atoms with van der Waals surface area (Å²) < 4.78 is 23.0. The number of carboxylic acids is 1. The molecule has 9 heteroatoms. The van der Waals surface area contributed by atoms with Gasteiger partial charge in [0, 0.05) is 12.8 Å². The molecule has 0 spiro atoms. The van der Waals surface area contributed by atoms with Crippen LogP contribution in [-0.2, 0) is 33.3 Å². The van der Waals surface area contributed by atoms with Crippen molar-refractivity contribution < 1.29 is 42.9 Å². The number of carbonyl (C=O) groups excluding carboxylic acids is 2. The molecule has 2 atom stereocenters. The van der Waals surface area contributed by atoms with Crippen molar-refractivity contribution in [2.75, 3.05) is 47.5 Å². The van der Waals surface area contributed by atoms with E-state index in [0.717, 1.165) is 96.3 Å². The molecular weight excluding hydrogens is 1170 g/mol. The number of unbranched alkanes of at least 4 members (excludes halogenated alkanes) is 38. The van der Waals surface area contributed by atoms with Crippen molar-refractivity contribution in [3.05, 3.63) is 122 Å². The average molecular weight is 1330 g/mol. The van der Waals surface area contributed by atoms with Gasteiger partial charge in [-0.05, 0) is 89.9 Å². The van der Waals surface area contributed by atoms with Crippen LogP contribution in [0.4, 0.5) is 0 Å². The van der Waals surface area contributed by atoms with Gasteiger partial charge in [-0.1, -0.05) is 367 Å². The molecule has 0 aromatic heterocycles. The van der Waals surface area contributed by atoms with Gasteiger partial charge in [-0.25, -0.2) is 4.79 Å². The quantitative estimate of drug-likeness (QED) is 0.0211. The lowest BCUT2D eigenvalue weighted by Crippen LogP contribution is -2.40. The van der Waals surface area contributed by atoms with Crippen LogP contribution < -0.4 is 0 Å². The number of nitrogens with zero attached hydrogens (tertiary/aromatic N) is 1. The predicted octanol–water partition coefficient (Wildman–Crippen LogP) is 25.5. The second-order valence-corrected chi connectivity index (χ2v) is 27.7. The highest BCUT2D eigenvalue weighted by Crippen LogP contribution is 2.19. The first-order chi connectivity index (χ1) is 46.6. The molecule has 0 radical (unpaired) electrons. The number of likely N-dealkylation sites (N-methyl/N-ethyl adjacent to an activating group) is 1. The van der Waals surface area contributed by atoms with E-state index in [1.807, 2.05) is 21.1 Å². The van der Waals surface area contributed by atoms with Crippen molar-refractivity contribution in [3.8, 4) is 0 Å². The van der Waals surface area contributed by atoms with E-state index in [9.17, 15) is 19.5 Å². The highest BCUT2D eigenvalue weighted by Gasteiger charge is 2.25. The van der Waals surface area contributed by atoms with Gasteiger partial charge in [0.05, 0.1) is 34.4 Å². The fourth-order valence-electron chi connectivity index (χ4n) is 11.2. The van der Waals surface area contributed by atoms with Crippen LogP contribution in [0.1, 0.15) is 348 Å². The Morgan fingerprint density at radius 2 is 0.600 bits per heavy atom. The molecule has 546 valence electrons. The zero-order valence-corrected chi connectivity index (χ0v) is 62.6. The molecule has 0 aromatic rings. The van der Waals surface area contributed by atoms with Gasteiger partial charge in [-0.2, -0.15) is 0 Å². The van der Waals surface area contributed by atoms with Gasteiger partial charge >= 0.3 is 17.9 Å². The van der Waals surface area contributed by atoms with E-state index < -0.39 is 24.3 Å². The van der Waals surface area contributed by atoms with Crippen LogP contribution >= 0.6 is 0 Å². The van der Waals surface area contributed by atoms with Gasteiger partial charge in [0.15, 0.2) is 6.10 Å². The van der Waals surface area contributed by atoms with E-state index in [2.05, 4.69) is 135 Å². The summed E-state index contributed by atoms with van der Waals surface area (Å²) in [5.74, 6) is -2.06. The van der Waals surface area contributed by atoms with Crippen molar-refractivity contribution in [1.29, 1.82) is 0 Å². The zero-order valence-electron chi connectivity index (χ0n) is 62.6. The molecule has 0 bridgehead atoms. The minimum absolute atomic E-state index is 0.174. The van der Waals surface area contributed by atoms with Gasteiger partial charge in [-0.3, -0.25) is 9.59 Å². The zero-order chi connectivity index (χ0) is 69.0. The number of hydrogen-bond acceptors (Lipinski definition) is 7. The normalized spacial score (nSPS) is 13.3. The number of ether oxygens (including phenoxy) is 4. The highest BCUT2D eigenvalue weighted by atomic mass is 16.7. The van der Waals surface area contributed by atoms with Crippen LogP contribution in [0.15, 0.2) is 122 Å². The lowest BCUT2D eigenvalue weighted by Gasteiger charge is -2.25. The Morgan fingerprint density at radius 3 is 0.895 bits per heavy atom. The van der Waals surface area contributed by atoms with Gasteiger partial charge in [0.2, 0.25) is 0 Å². The standard InChI is InChI=1S/C86H149NO8/c1-6-8-10-12-14-16-18-20-22-24-26-28-30-32-34-36-38-40-41-42-43-45-46-48-50-52-54-56-58-60-62-64-66-68-70-72-74-76-83(88)93-80-82(81-94-86(85(90)91)92-79-78-87(3,4)5)95-84(89)77-75-73-71-69-67-65-63-61-59-57-55-53-51-49-47-44-39-37-35-33-31-29-27-25-23-21-19-17-15-13-11-9-7-2/h9,11,15,17,21,23,27,29,33,35,39,44,49,51,55,57,61,63,67,69,82,86H,6-8,10,12-14,16,18-20,22,24-26,28,30-32,34,36-38,40-43,45-48,50,52-54,56,58-60,62,64-66,68,70-81H2,1-5H3/p+1/b11-9-,17-15-,23-21-,29-27-,35-33-,44-39-,51-49-,57-55-,63-61-,69-67-. The van der Waals surface area contributed by atoms with Gasteiger partial charge in [-0.15, -0.1) is 0 Å². The monoisotopic (exact) mass is 1330 g/mol. The fourth-order valence-corrected chi connectivity index (χ4v) is 11.2. The van der Waals surface area contributed by atoms with Crippen LogP contribution in [0.5, 0.6) is 0 Å². The Kier molecular flexibility index (Phi) is 72.0. The maximum atomic E-state index is 13.0. The van der Waals surface area contributed by atoms with E-state index in [-0.39, 0.29) is 32.2 Å². The van der Waals surface area contributed by atoms with Crippen LogP contribution in [-0.4, -0.2) is 87.4 Å². The van der Waals surface area contributed by atoms with E-state index in [1.165, 1.54) is 218 Å². The number of esters is 2. The third kappa shape index (κ3) is 76.9. The fraction of sp³-hybridized carbons (Fsp3) is 0.733. The van der Waals surface area contributed by atoms with Gasteiger partial charge in [0.1, 0.15) is 13.2 Å². The van der Waals surface area contributed by atoms with Gasteiger partial charge in [0.25, 0.3) is 6.29 Å². The van der Waals surface area contributed by atoms with Crippen molar-refractivity contribution >= 4 is 17.9 Å². The molecule has 0 fully saturated rings. The Balaban J connectivity index is 4.10. The lowest BCUT2D eigenvalue weighted by molar-refractivity contribution is -0.870. The molecule has 0 rings (SSSR count). The van der Waals surface area contributed by atoms with Crippen LogP contribution in [0.3, 0.4) is 0 Å². The molecule has 0 aliphatic heterocycles. The summed E-state index contributed by atoms with van der Waals surface area (Å²) in [5, 5.41) is 9.76. The van der Waals surface area contributed by atoms with Crippen LogP contribution in [0.2, 0.25) is 0 Å². The van der Waals surface area contributed by atoms with E-state index in [1.54, 1.807) is 0 Å². The first-order valence-corrected chi connectivity index (χ1v) is 39.7. The number of allylic oxidation sites excluding steroid dienone is 20. The molecular formula is C86H150NO8+. The second-order valence-electron chi connectivity index (χ2n) is 27.7. The third-order valence-electron chi connectivity index (χ3n) is 17.2. The number of aliphatic carboxylic acids is 1. The van der Waals surface area contributed by atoms with E-state index in [4.69, 9.17) is 18.9 Å². The summed E-state index contributed by atoms with van der Waals surface area (Å²) in [6, 6.07) is 0. The predicted molar refractivity (Wildman–Crippen MR) is 410 cm³/mol. The number of hydrogen-bond donors (Lipinski definition) is 1. The maximum Gasteiger partial charge on any atom is 0.361 e. The van der Waals surface area contributed by atoms with Gasteiger partial charge < -0.3 is 28.5 Å². The smallest absolute Gasteiger partial charge is 0.361 e. The molecule has 1 N–H and O–H groups in total. The molecule has 0 saturated carbocycles. The molecule has 0 heterocycles. The summed E-state index contributed by atoms with van der Waals surface area (Å²) >= 11 is 0. The summed E-state index contributed by atoms with van der Waals surface area (Å²) in [7, 11) is 5.96. The van der Waals surface area contributed by atoms with E-state index >= 15 is 0 Å². The molecule has 0 amide bonds. The molecule has 0 aliphatic carbocycles. The van der Waals surface area contributed by atoms with Crippen LogP contribution in [0, 0.1) is 0 Å². The SMILES string of the molecule is CC/C=C\C/C=C\C/C=C\C/C=C\C/C=C\C/C=C\C/C=C\C/C=C\C/C=C\C/C=C\CCCCC(=O)OC(COC(=O)CCCCCCCCCCCCCCCCCCCCCCCCCCCCCCCCCCCCCCC)COC(OCC[N+](C)(C)C)C(=O)O. The maximum absolute atomic E-state index is 13.0. The first kappa shape index (κ1) is 90.7. The van der Waals surface area contributed by atoms with Crippen molar-refractivity contribution in [1.82, 2.24) is 0 Å². The second kappa shape index (κ2) is 75.5. The Bertz CT molecular complexity index is 1980. The Labute approximate surface area is 587 Å².